The number of alkyl halides is 3. The van der Waals surface area contributed by atoms with E-state index in [1.807, 2.05) is 0 Å². The van der Waals surface area contributed by atoms with Crippen LogP contribution >= 0.6 is 0 Å². The van der Waals surface area contributed by atoms with Crippen molar-refractivity contribution in [2.45, 2.75) is 44.3 Å². The maximum atomic E-state index is 10.6. The lowest BCUT2D eigenvalue weighted by molar-refractivity contribution is -0.192. The smallest absolute Gasteiger partial charge is 0.475 e. The van der Waals surface area contributed by atoms with E-state index >= 15 is 0 Å². The molecule has 0 aliphatic heterocycles. The molecule has 0 unspecified atom stereocenters. The van der Waals surface area contributed by atoms with Gasteiger partial charge in [0, 0.05) is 5.54 Å². The fourth-order valence-corrected chi connectivity index (χ4v) is 1.18. The molecule has 3 N–H and O–H groups in total. The second-order valence-electron chi connectivity index (χ2n) is 3.66. The van der Waals surface area contributed by atoms with Crippen LogP contribution in [0.5, 0.6) is 0 Å². The molecule has 0 spiro atoms. The van der Waals surface area contributed by atoms with Gasteiger partial charge in [0.1, 0.15) is 0 Å². The minimum Gasteiger partial charge on any atom is -0.475 e. The summed E-state index contributed by atoms with van der Waals surface area (Å²) in [7, 11) is 0. The maximum Gasteiger partial charge on any atom is 0.490 e. The van der Waals surface area contributed by atoms with Crippen molar-refractivity contribution < 1.29 is 23.1 Å². The van der Waals surface area contributed by atoms with Crippen LogP contribution in [0.15, 0.2) is 0 Å². The van der Waals surface area contributed by atoms with Gasteiger partial charge in [-0.2, -0.15) is 13.2 Å². The number of hydrogen-bond donors (Lipinski definition) is 2. The normalized spacial score (nSPS) is 19.8. The minimum absolute atomic E-state index is 0.194. The van der Waals surface area contributed by atoms with Gasteiger partial charge in [-0.15, -0.1) is 0 Å². The quantitative estimate of drug-likeness (QED) is 0.646. The van der Waals surface area contributed by atoms with Crippen molar-refractivity contribution in [3.8, 4) is 0 Å². The fourth-order valence-electron chi connectivity index (χ4n) is 1.18. The van der Waals surface area contributed by atoms with Crippen molar-refractivity contribution in [1.29, 1.82) is 0 Å². The molecule has 1 saturated carbocycles. The van der Waals surface area contributed by atoms with Crippen LogP contribution in [-0.4, -0.2) is 22.8 Å². The fraction of sp³-hybridized carbons (Fsp3) is 0.875. The van der Waals surface area contributed by atoms with Gasteiger partial charge in [0.05, 0.1) is 0 Å². The lowest BCUT2D eigenvalue weighted by atomic mass is 10.0. The van der Waals surface area contributed by atoms with Crippen LogP contribution in [0, 0.1) is 0 Å². The van der Waals surface area contributed by atoms with E-state index < -0.39 is 12.1 Å². The van der Waals surface area contributed by atoms with Crippen LogP contribution in [0.3, 0.4) is 0 Å². The average molecular weight is 213 g/mol. The van der Waals surface area contributed by atoms with E-state index in [2.05, 4.69) is 6.92 Å². The molecular weight excluding hydrogens is 199 g/mol. The predicted molar refractivity (Wildman–Crippen MR) is 44.8 cm³/mol. The molecule has 0 heterocycles. The van der Waals surface area contributed by atoms with Crippen LogP contribution in [0.25, 0.3) is 0 Å². The van der Waals surface area contributed by atoms with E-state index in [0.29, 0.717) is 0 Å². The Labute approximate surface area is 80.1 Å². The molecule has 0 amide bonds. The highest BCUT2D eigenvalue weighted by Crippen LogP contribution is 2.25. The molecule has 6 heteroatoms. The first kappa shape index (κ1) is 13.2. The summed E-state index contributed by atoms with van der Waals surface area (Å²) in [5.41, 5.74) is 5.97. The van der Waals surface area contributed by atoms with Gasteiger partial charge in [0.15, 0.2) is 0 Å². The topological polar surface area (TPSA) is 63.3 Å². The first-order chi connectivity index (χ1) is 6.15. The van der Waals surface area contributed by atoms with Crippen LogP contribution in [0.1, 0.15) is 32.6 Å². The summed E-state index contributed by atoms with van der Waals surface area (Å²) in [6.45, 7) is 2.14. The summed E-state index contributed by atoms with van der Waals surface area (Å²) in [6, 6.07) is 0. The van der Waals surface area contributed by atoms with E-state index in [1.165, 1.54) is 25.7 Å². The van der Waals surface area contributed by atoms with Crippen LogP contribution in [0.4, 0.5) is 13.2 Å². The number of nitrogens with two attached hydrogens (primary N) is 1. The Morgan fingerprint density at radius 2 is 1.64 bits per heavy atom. The molecule has 1 aliphatic rings. The second kappa shape index (κ2) is 4.63. The van der Waals surface area contributed by atoms with Crippen molar-refractivity contribution in [2.24, 2.45) is 5.73 Å². The number of carboxylic acid groups (broad SMARTS) is 1. The van der Waals surface area contributed by atoms with Crippen LogP contribution < -0.4 is 5.73 Å². The molecule has 3 nitrogen and oxygen atoms in total. The zero-order valence-corrected chi connectivity index (χ0v) is 7.90. The monoisotopic (exact) mass is 213 g/mol. The van der Waals surface area contributed by atoms with Gasteiger partial charge < -0.3 is 10.8 Å². The van der Waals surface area contributed by atoms with E-state index in [-0.39, 0.29) is 5.54 Å². The molecule has 0 aromatic carbocycles. The number of rotatable bonds is 0. The Morgan fingerprint density at radius 3 is 1.71 bits per heavy atom. The largest absolute Gasteiger partial charge is 0.490 e. The van der Waals surface area contributed by atoms with Gasteiger partial charge in [0.2, 0.25) is 0 Å². The molecule has 84 valence electrons. The highest BCUT2D eigenvalue weighted by Gasteiger charge is 2.38. The number of carbonyl (C=O) groups is 1. The first-order valence-electron chi connectivity index (χ1n) is 4.24. The van der Waals surface area contributed by atoms with Crippen molar-refractivity contribution in [1.82, 2.24) is 0 Å². The van der Waals surface area contributed by atoms with Gasteiger partial charge >= 0.3 is 12.1 Å². The molecule has 0 saturated heterocycles. The summed E-state index contributed by atoms with van der Waals surface area (Å²) < 4.78 is 31.7. The third-order valence-electron chi connectivity index (χ3n) is 1.99. The van der Waals surface area contributed by atoms with Crippen molar-refractivity contribution in [2.75, 3.05) is 0 Å². The highest BCUT2D eigenvalue weighted by molar-refractivity contribution is 5.73. The summed E-state index contributed by atoms with van der Waals surface area (Å²) in [5.74, 6) is -2.76. The number of aliphatic carboxylic acids is 1. The summed E-state index contributed by atoms with van der Waals surface area (Å²) >= 11 is 0. The molecule has 0 bridgehead atoms. The Hall–Kier alpha value is -0.780. The standard InChI is InChI=1S/C6H13N.C2HF3O2/c1-6(7)4-2-3-5-6;3-2(4,5)1(6)7/h2-5,7H2,1H3;(H,6,7). The van der Waals surface area contributed by atoms with Gasteiger partial charge in [-0.3, -0.25) is 0 Å². The van der Waals surface area contributed by atoms with Crippen molar-refractivity contribution >= 4 is 5.97 Å². The summed E-state index contributed by atoms with van der Waals surface area (Å²) in [4.78, 5) is 8.90. The van der Waals surface area contributed by atoms with Crippen molar-refractivity contribution in [3.63, 3.8) is 0 Å². The van der Waals surface area contributed by atoms with E-state index in [9.17, 15) is 13.2 Å². The Morgan fingerprint density at radius 1 is 1.36 bits per heavy atom. The molecule has 0 radical (unpaired) electrons. The lowest BCUT2D eigenvalue weighted by Crippen LogP contribution is -2.31. The number of carboxylic acids is 1. The van der Waals surface area contributed by atoms with Crippen LogP contribution in [-0.2, 0) is 4.79 Å². The molecule has 14 heavy (non-hydrogen) atoms. The molecular formula is C8H14F3NO2. The van der Waals surface area contributed by atoms with Gasteiger partial charge in [0.25, 0.3) is 0 Å². The zero-order chi connectivity index (χ0) is 11.4. The zero-order valence-electron chi connectivity index (χ0n) is 7.90. The minimum atomic E-state index is -5.08. The maximum absolute atomic E-state index is 10.6. The molecule has 1 rings (SSSR count). The SMILES string of the molecule is CC1(N)CCCC1.O=C(O)C(F)(F)F. The molecule has 0 aromatic heterocycles. The third-order valence-corrected chi connectivity index (χ3v) is 1.99. The molecule has 0 aromatic rings. The Kier molecular flexibility index (Phi) is 4.38. The second-order valence-corrected chi connectivity index (χ2v) is 3.66. The van der Waals surface area contributed by atoms with E-state index in [1.54, 1.807) is 0 Å². The predicted octanol–water partition coefficient (Wildman–Crippen LogP) is 1.91. The third kappa shape index (κ3) is 5.80. The molecule has 1 aliphatic carbocycles. The van der Waals surface area contributed by atoms with Crippen LogP contribution in [0.2, 0.25) is 0 Å². The average Bonchev–Trinajstić information content (AvgIpc) is 2.33. The van der Waals surface area contributed by atoms with Gasteiger partial charge in [-0.05, 0) is 19.8 Å². The molecule has 1 fully saturated rings. The molecule has 0 atom stereocenters. The Bertz CT molecular complexity index is 193. The lowest BCUT2D eigenvalue weighted by Gasteiger charge is -2.14. The summed E-state index contributed by atoms with van der Waals surface area (Å²) in [5, 5.41) is 7.12. The van der Waals surface area contributed by atoms with Gasteiger partial charge in [-0.1, -0.05) is 12.8 Å². The van der Waals surface area contributed by atoms with Gasteiger partial charge in [-0.25, -0.2) is 4.79 Å². The summed E-state index contributed by atoms with van der Waals surface area (Å²) in [6.07, 6.45) is 0.0556. The van der Waals surface area contributed by atoms with E-state index in [0.717, 1.165) is 0 Å². The Balaban J connectivity index is 0.000000241. The van der Waals surface area contributed by atoms with E-state index in [4.69, 9.17) is 15.6 Å². The first-order valence-corrected chi connectivity index (χ1v) is 4.24. The number of hydrogen-bond acceptors (Lipinski definition) is 2. The number of halogens is 3. The highest BCUT2D eigenvalue weighted by atomic mass is 19.4. The van der Waals surface area contributed by atoms with Crippen molar-refractivity contribution in [3.05, 3.63) is 0 Å².